The molecule has 1 atom stereocenters. The molecule has 0 amide bonds. The first-order valence-electron chi connectivity index (χ1n) is 4.69. The number of halogens is 1. The van der Waals surface area contributed by atoms with E-state index < -0.39 is 17.0 Å². The Labute approximate surface area is 102 Å². The van der Waals surface area contributed by atoms with Gasteiger partial charge in [0.05, 0.1) is 22.1 Å². The van der Waals surface area contributed by atoms with Crippen LogP contribution in [0.4, 0.5) is 5.69 Å². The van der Waals surface area contributed by atoms with Crippen molar-refractivity contribution < 1.29 is 19.6 Å². The van der Waals surface area contributed by atoms with E-state index >= 15 is 0 Å². The van der Waals surface area contributed by atoms with Crippen LogP contribution in [-0.2, 0) is 16.1 Å². The average Bonchev–Trinajstić information content (AvgIpc) is 2.26. The summed E-state index contributed by atoms with van der Waals surface area (Å²) >= 11 is 5.80. The van der Waals surface area contributed by atoms with Crippen LogP contribution in [0.2, 0.25) is 5.02 Å². The normalized spacial score (nSPS) is 12.1. The molecule has 0 heterocycles. The van der Waals surface area contributed by atoms with Gasteiger partial charge in [0.25, 0.3) is 5.69 Å². The van der Waals surface area contributed by atoms with Crippen LogP contribution in [0.5, 0.6) is 0 Å². The Morgan fingerprint density at radius 2 is 2.29 bits per heavy atom. The summed E-state index contributed by atoms with van der Waals surface area (Å²) in [6, 6.07) is 4.22. The molecule has 7 heteroatoms. The SMILES string of the molecule is C[C@@H](OCc1c(Cl)cccc1[N+](=O)[O-])C(=O)O. The van der Waals surface area contributed by atoms with Crippen LogP contribution in [0, 0.1) is 10.1 Å². The molecule has 0 aliphatic carbocycles. The minimum Gasteiger partial charge on any atom is -0.479 e. The zero-order chi connectivity index (χ0) is 13.0. The van der Waals surface area contributed by atoms with E-state index in [-0.39, 0.29) is 22.9 Å². The lowest BCUT2D eigenvalue weighted by atomic mass is 10.2. The molecule has 1 N–H and O–H groups in total. The van der Waals surface area contributed by atoms with E-state index in [4.69, 9.17) is 21.4 Å². The highest BCUT2D eigenvalue weighted by atomic mass is 35.5. The van der Waals surface area contributed by atoms with E-state index in [0.29, 0.717) is 0 Å². The minimum atomic E-state index is -1.14. The molecule has 0 aliphatic heterocycles. The van der Waals surface area contributed by atoms with Crippen molar-refractivity contribution in [2.75, 3.05) is 0 Å². The van der Waals surface area contributed by atoms with Gasteiger partial charge in [0.15, 0.2) is 6.10 Å². The number of carbonyl (C=O) groups is 1. The molecule has 0 saturated heterocycles. The molecule has 0 saturated carbocycles. The number of hydrogen-bond donors (Lipinski definition) is 1. The van der Waals surface area contributed by atoms with Gasteiger partial charge >= 0.3 is 5.97 Å². The highest BCUT2D eigenvalue weighted by Gasteiger charge is 2.19. The summed E-state index contributed by atoms with van der Waals surface area (Å²) in [5.41, 5.74) is -0.0117. The fourth-order valence-corrected chi connectivity index (χ4v) is 1.36. The topological polar surface area (TPSA) is 89.7 Å². The minimum absolute atomic E-state index is 0.173. The fraction of sp³-hybridized carbons (Fsp3) is 0.300. The van der Waals surface area contributed by atoms with Crippen molar-refractivity contribution >= 4 is 23.3 Å². The lowest BCUT2D eigenvalue weighted by Crippen LogP contribution is -2.19. The number of aliphatic carboxylic acids is 1. The molecular formula is C10H10ClNO5. The van der Waals surface area contributed by atoms with Crippen LogP contribution in [0.25, 0.3) is 0 Å². The Morgan fingerprint density at radius 1 is 1.65 bits per heavy atom. The number of carboxylic acid groups (broad SMARTS) is 1. The molecule has 17 heavy (non-hydrogen) atoms. The van der Waals surface area contributed by atoms with Crippen LogP contribution in [-0.4, -0.2) is 22.1 Å². The second kappa shape index (κ2) is 5.60. The molecule has 1 aromatic carbocycles. The molecule has 1 aromatic rings. The number of rotatable bonds is 5. The van der Waals surface area contributed by atoms with E-state index in [1.54, 1.807) is 0 Å². The first-order chi connectivity index (χ1) is 7.93. The Balaban J connectivity index is 2.90. The average molecular weight is 260 g/mol. The second-order valence-corrected chi connectivity index (χ2v) is 3.69. The largest absolute Gasteiger partial charge is 0.479 e. The molecule has 92 valence electrons. The summed E-state index contributed by atoms with van der Waals surface area (Å²) in [5.74, 6) is -1.14. The maximum absolute atomic E-state index is 10.7. The summed E-state index contributed by atoms with van der Waals surface area (Å²) < 4.78 is 4.97. The third-order valence-electron chi connectivity index (χ3n) is 2.12. The highest BCUT2D eigenvalue weighted by Crippen LogP contribution is 2.27. The third kappa shape index (κ3) is 3.40. The van der Waals surface area contributed by atoms with E-state index in [9.17, 15) is 14.9 Å². The van der Waals surface area contributed by atoms with Gasteiger partial charge < -0.3 is 9.84 Å². The summed E-state index contributed by atoms with van der Waals surface area (Å²) in [4.78, 5) is 20.7. The van der Waals surface area contributed by atoms with Gasteiger partial charge in [-0.3, -0.25) is 10.1 Å². The molecule has 0 unspecified atom stereocenters. The van der Waals surface area contributed by atoms with Crippen LogP contribution in [0.1, 0.15) is 12.5 Å². The molecule has 0 spiro atoms. The zero-order valence-electron chi connectivity index (χ0n) is 8.92. The van der Waals surface area contributed by atoms with Gasteiger partial charge in [0.1, 0.15) is 0 Å². The van der Waals surface area contributed by atoms with Crippen molar-refractivity contribution in [2.45, 2.75) is 19.6 Å². The van der Waals surface area contributed by atoms with Crippen molar-refractivity contribution in [1.82, 2.24) is 0 Å². The van der Waals surface area contributed by atoms with Gasteiger partial charge in [-0.2, -0.15) is 0 Å². The number of nitro benzene ring substituents is 1. The first-order valence-corrected chi connectivity index (χ1v) is 5.07. The molecule has 6 nitrogen and oxygen atoms in total. The highest BCUT2D eigenvalue weighted by molar-refractivity contribution is 6.31. The number of hydrogen-bond acceptors (Lipinski definition) is 4. The zero-order valence-corrected chi connectivity index (χ0v) is 9.68. The number of nitro groups is 1. The molecule has 0 fully saturated rings. The number of ether oxygens (including phenoxy) is 1. The fourth-order valence-electron chi connectivity index (χ4n) is 1.14. The monoisotopic (exact) mass is 259 g/mol. The van der Waals surface area contributed by atoms with E-state index in [2.05, 4.69) is 0 Å². The van der Waals surface area contributed by atoms with Gasteiger partial charge in [-0.1, -0.05) is 17.7 Å². The number of carboxylic acids is 1. The van der Waals surface area contributed by atoms with Crippen molar-refractivity contribution in [3.8, 4) is 0 Å². The Bertz CT molecular complexity index is 448. The summed E-state index contributed by atoms with van der Waals surface area (Å²) in [7, 11) is 0. The van der Waals surface area contributed by atoms with Gasteiger partial charge in [-0.25, -0.2) is 4.79 Å². The lowest BCUT2D eigenvalue weighted by Gasteiger charge is -2.09. The molecule has 1 rings (SSSR count). The maximum Gasteiger partial charge on any atom is 0.332 e. The van der Waals surface area contributed by atoms with E-state index in [1.165, 1.54) is 25.1 Å². The van der Waals surface area contributed by atoms with Crippen LogP contribution in [0.3, 0.4) is 0 Å². The van der Waals surface area contributed by atoms with Gasteiger partial charge in [-0.05, 0) is 13.0 Å². The molecule has 0 radical (unpaired) electrons. The molecule has 0 bridgehead atoms. The molecule has 0 aliphatic rings. The maximum atomic E-state index is 10.7. The van der Waals surface area contributed by atoms with E-state index in [1.807, 2.05) is 0 Å². The smallest absolute Gasteiger partial charge is 0.332 e. The van der Waals surface area contributed by atoms with Crippen molar-refractivity contribution in [1.29, 1.82) is 0 Å². The van der Waals surface area contributed by atoms with Crippen LogP contribution >= 0.6 is 11.6 Å². The van der Waals surface area contributed by atoms with Crippen molar-refractivity contribution in [3.63, 3.8) is 0 Å². The van der Waals surface area contributed by atoms with Gasteiger partial charge in [0, 0.05) is 6.07 Å². The summed E-state index contributed by atoms with van der Waals surface area (Å²) in [6.45, 7) is 1.12. The van der Waals surface area contributed by atoms with Crippen LogP contribution < -0.4 is 0 Å². The first kappa shape index (κ1) is 13.4. The van der Waals surface area contributed by atoms with Gasteiger partial charge in [-0.15, -0.1) is 0 Å². The molecule has 0 aromatic heterocycles. The van der Waals surface area contributed by atoms with E-state index in [0.717, 1.165) is 0 Å². The summed E-state index contributed by atoms with van der Waals surface area (Å²) in [6.07, 6.45) is -1.05. The van der Waals surface area contributed by atoms with Gasteiger partial charge in [0.2, 0.25) is 0 Å². The van der Waals surface area contributed by atoms with Crippen molar-refractivity contribution in [3.05, 3.63) is 38.9 Å². The predicted octanol–water partition coefficient (Wildman–Crippen LogP) is 2.24. The molecular weight excluding hydrogens is 250 g/mol. The predicted molar refractivity (Wildman–Crippen MR) is 60.0 cm³/mol. The summed E-state index contributed by atoms with van der Waals surface area (Å²) in [5, 5.41) is 19.5. The Morgan fingerprint density at radius 3 is 2.82 bits per heavy atom. The number of nitrogens with zero attached hydrogens (tertiary/aromatic N) is 1. The lowest BCUT2D eigenvalue weighted by molar-refractivity contribution is -0.386. The Hall–Kier alpha value is -1.66. The quantitative estimate of drug-likeness (QED) is 0.647. The number of benzene rings is 1. The standard InChI is InChI=1S/C10H10ClNO5/c1-6(10(13)14)17-5-7-8(11)3-2-4-9(7)12(15)16/h2-4,6H,5H2,1H3,(H,13,14)/t6-/m1/s1. The van der Waals surface area contributed by atoms with Crippen molar-refractivity contribution in [2.24, 2.45) is 0 Å². The third-order valence-corrected chi connectivity index (χ3v) is 2.47. The second-order valence-electron chi connectivity index (χ2n) is 3.29. The Kier molecular flexibility index (Phi) is 4.42. The van der Waals surface area contributed by atoms with Crippen LogP contribution in [0.15, 0.2) is 18.2 Å².